The van der Waals surface area contributed by atoms with Gasteiger partial charge in [0.2, 0.25) is 0 Å². The molecule has 1 unspecified atom stereocenters. The molecule has 0 radical (unpaired) electrons. The maximum atomic E-state index is 4.33. The molecular formula is C10H17N2P. The van der Waals surface area contributed by atoms with E-state index in [0.29, 0.717) is 5.16 Å². The molecule has 0 amide bonds. The quantitative estimate of drug-likeness (QED) is 0.679. The highest BCUT2D eigenvalue weighted by atomic mass is 31.1. The Morgan fingerprint density at radius 3 is 2.15 bits per heavy atom. The van der Waals surface area contributed by atoms with Gasteiger partial charge < -0.3 is 0 Å². The number of aromatic nitrogens is 2. The normalized spacial score (nSPS) is 14.2. The standard InChI is InChI=1S/C10H17N2P/c1-5-13(10(2,3)4)9-11-7-6-8-12-9/h6-8H,5H2,1-4H3. The average molecular weight is 196 g/mol. The molecule has 0 aromatic carbocycles. The molecule has 0 bridgehead atoms. The largest absolute Gasteiger partial charge is 0.237 e. The molecule has 0 spiro atoms. The topological polar surface area (TPSA) is 25.8 Å². The highest BCUT2D eigenvalue weighted by molar-refractivity contribution is 7.66. The van der Waals surface area contributed by atoms with Crippen molar-refractivity contribution in [3.05, 3.63) is 18.5 Å². The second-order valence-corrected chi connectivity index (χ2v) is 7.19. The predicted octanol–water partition coefficient (Wildman–Crippen LogP) is 2.40. The van der Waals surface area contributed by atoms with Crippen LogP contribution in [0.15, 0.2) is 18.5 Å². The third kappa shape index (κ3) is 2.73. The fourth-order valence-electron chi connectivity index (χ4n) is 1.35. The van der Waals surface area contributed by atoms with Crippen LogP contribution < -0.4 is 5.57 Å². The van der Waals surface area contributed by atoms with Crippen LogP contribution in [0.25, 0.3) is 0 Å². The zero-order chi connectivity index (χ0) is 9.90. The van der Waals surface area contributed by atoms with E-state index in [4.69, 9.17) is 0 Å². The van der Waals surface area contributed by atoms with Crippen LogP contribution in [0.1, 0.15) is 27.7 Å². The summed E-state index contributed by atoms with van der Waals surface area (Å²) in [4.78, 5) is 8.67. The molecule has 1 aromatic rings. The maximum absolute atomic E-state index is 4.33. The zero-order valence-electron chi connectivity index (χ0n) is 8.78. The number of rotatable bonds is 2. The minimum Gasteiger partial charge on any atom is -0.237 e. The fourth-order valence-corrected chi connectivity index (χ4v) is 3.59. The van der Waals surface area contributed by atoms with Gasteiger partial charge in [0.05, 0.1) is 0 Å². The smallest absolute Gasteiger partial charge is 0.150 e. The first kappa shape index (κ1) is 10.6. The molecule has 13 heavy (non-hydrogen) atoms. The molecule has 0 saturated carbocycles. The summed E-state index contributed by atoms with van der Waals surface area (Å²) in [6.45, 7) is 9.00. The Bertz CT molecular complexity index is 253. The van der Waals surface area contributed by atoms with Crippen molar-refractivity contribution in [2.45, 2.75) is 32.9 Å². The monoisotopic (exact) mass is 196 g/mol. The summed E-state index contributed by atoms with van der Waals surface area (Å²) in [5, 5.41) is 0.311. The van der Waals surface area contributed by atoms with Gasteiger partial charge in [-0.3, -0.25) is 0 Å². The molecule has 1 aromatic heterocycles. The van der Waals surface area contributed by atoms with Crippen LogP contribution in [-0.4, -0.2) is 21.3 Å². The van der Waals surface area contributed by atoms with Crippen molar-refractivity contribution in [3.63, 3.8) is 0 Å². The molecule has 3 heteroatoms. The Kier molecular flexibility index (Phi) is 3.38. The molecule has 0 fully saturated rings. The van der Waals surface area contributed by atoms with Gasteiger partial charge in [-0.2, -0.15) is 0 Å². The molecule has 1 heterocycles. The van der Waals surface area contributed by atoms with E-state index in [1.807, 2.05) is 18.5 Å². The molecule has 0 N–H and O–H groups in total. The summed E-state index contributed by atoms with van der Waals surface area (Å²) in [6.07, 6.45) is 4.82. The molecule has 72 valence electrons. The van der Waals surface area contributed by atoms with Gasteiger partial charge in [0.15, 0.2) is 5.57 Å². The van der Waals surface area contributed by atoms with Crippen LogP contribution in [0.2, 0.25) is 0 Å². The van der Waals surface area contributed by atoms with E-state index in [2.05, 4.69) is 37.7 Å². The Labute approximate surface area is 81.6 Å². The Morgan fingerprint density at radius 2 is 1.77 bits per heavy atom. The molecule has 1 atom stereocenters. The molecule has 0 aliphatic carbocycles. The molecule has 2 nitrogen and oxygen atoms in total. The van der Waals surface area contributed by atoms with Crippen LogP contribution in [0.5, 0.6) is 0 Å². The van der Waals surface area contributed by atoms with Gasteiger partial charge in [-0.15, -0.1) is 0 Å². The van der Waals surface area contributed by atoms with Crippen LogP contribution >= 0.6 is 7.92 Å². The van der Waals surface area contributed by atoms with Gasteiger partial charge in [-0.25, -0.2) is 9.97 Å². The van der Waals surface area contributed by atoms with E-state index in [-0.39, 0.29) is 7.92 Å². The predicted molar refractivity (Wildman–Crippen MR) is 58.9 cm³/mol. The first-order valence-corrected chi connectivity index (χ1v) is 6.13. The fraction of sp³-hybridized carbons (Fsp3) is 0.600. The third-order valence-electron chi connectivity index (χ3n) is 1.92. The van der Waals surface area contributed by atoms with Crippen molar-refractivity contribution >= 4 is 13.5 Å². The highest BCUT2D eigenvalue weighted by Crippen LogP contribution is 2.46. The van der Waals surface area contributed by atoms with Crippen LogP contribution in [0.4, 0.5) is 0 Å². The number of hydrogen-bond donors (Lipinski definition) is 0. The maximum Gasteiger partial charge on any atom is 0.150 e. The SMILES string of the molecule is CCP(c1ncccn1)C(C)(C)C. The molecule has 0 aliphatic rings. The van der Waals surface area contributed by atoms with E-state index in [0.717, 1.165) is 11.7 Å². The van der Waals surface area contributed by atoms with Crippen molar-refractivity contribution < 1.29 is 0 Å². The first-order valence-electron chi connectivity index (χ1n) is 4.60. The summed E-state index contributed by atoms with van der Waals surface area (Å²) in [7, 11) is -0.217. The minimum atomic E-state index is -0.217. The number of nitrogens with zero attached hydrogens (tertiary/aromatic N) is 2. The lowest BCUT2D eigenvalue weighted by atomic mass is 10.3. The van der Waals surface area contributed by atoms with Gasteiger partial charge in [0.1, 0.15) is 0 Å². The van der Waals surface area contributed by atoms with E-state index >= 15 is 0 Å². The Hall–Kier alpha value is -0.490. The molecule has 0 saturated heterocycles. The lowest BCUT2D eigenvalue weighted by Gasteiger charge is -2.28. The summed E-state index contributed by atoms with van der Waals surface area (Å²) < 4.78 is 0. The van der Waals surface area contributed by atoms with Crippen molar-refractivity contribution in [3.8, 4) is 0 Å². The summed E-state index contributed by atoms with van der Waals surface area (Å²) in [5.74, 6) is 0. The average Bonchev–Trinajstić information content (AvgIpc) is 2.05. The summed E-state index contributed by atoms with van der Waals surface area (Å²) in [6, 6.07) is 1.87. The first-order chi connectivity index (χ1) is 6.05. The van der Waals surface area contributed by atoms with Gasteiger partial charge in [0, 0.05) is 12.4 Å². The van der Waals surface area contributed by atoms with Crippen molar-refractivity contribution in [2.24, 2.45) is 0 Å². The van der Waals surface area contributed by atoms with Gasteiger partial charge in [-0.1, -0.05) is 27.7 Å². The van der Waals surface area contributed by atoms with Crippen LogP contribution in [0.3, 0.4) is 0 Å². The van der Waals surface area contributed by atoms with Crippen molar-refractivity contribution in [1.82, 2.24) is 9.97 Å². The molecule has 0 aliphatic heterocycles. The second kappa shape index (κ2) is 4.15. The second-order valence-electron chi connectivity index (χ2n) is 3.96. The van der Waals surface area contributed by atoms with Crippen molar-refractivity contribution in [2.75, 3.05) is 6.16 Å². The molecular weight excluding hydrogens is 179 g/mol. The van der Waals surface area contributed by atoms with E-state index in [1.54, 1.807) is 0 Å². The van der Waals surface area contributed by atoms with E-state index < -0.39 is 0 Å². The Balaban J connectivity index is 2.92. The molecule has 1 rings (SSSR count). The highest BCUT2D eigenvalue weighted by Gasteiger charge is 2.25. The summed E-state index contributed by atoms with van der Waals surface area (Å²) >= 11 is 0. The Morgan fingerprint density at radius 1 is 1.23 bits per heavy atom. The van der Waals surface area contributed by atoms with Crippen LogP contribution in [0, 0.1) is 0 Å². The van der Waals surface area contributed by atoms with Crippen LogP contribution in [-0.2, 0) is 0 Å². The van der Waals surface area contributed by atoms with Gasteiger partial charge >= 0.3 is 0 Å². The third-order valence-corrected chi connectivity index (χ3v) is 4.89. The zero-order valence-corrected chi connectivity index (χ0v) is 9.68. The lowest BCUT2D eigenvalue weighted by Crippen LogP contribution is -2.24. The van der Waals surface area contributed by atoms with Gasteiger partial charge in [0.25, 0.3) is 0 Å². The minimum absolute atomic E-state index is 0.217. The lowest BCUT2D eigenvalue weighted by molar-refractivity contribution is 0.785. The number of hydrogen-bond acceptors (Lipinski definition) is 2. The van der Waals surface area contributed by atoms with Crippen molar-refractivity contribution in [1.29, 1.82) is 0 Å². The van der Waals surface area contributed by atoms with E-state index in [1.165, 1.54) is 0 Å². The van der Waals surface area contributed by atoms with Gasteiger partial charge in [-0.05, 0) is 25.3 Å². The van der Waals surface area contributed by atoms with E-state index in [9.17, 15) is 0 Å². The summed E-state index contributed by atoms with van der Waals surface area (Å²) in [5.41, 5.74) is 1.03.